The van der Waals surface area contributed by atoms with Gasteiger partial charge in [-0.25, -0.2) is 4.98 Å². The lowest BCUT2D eigenvalue weighted by atomic mass is 9.79. The summed E-state index contributed by atoms with van der Waals surface area (Å²) in [6, 6.07) is 1.88. The summed E-state index contributed by atoms with van der Waals surface area (Å²) in [6.45, 7) is 14.2. The van der Waals surface area contributed by atoms with Crippen LogP contribution < -0.4 is 14.9 Å². The molecule has 1 aliphatic carbocycles. The van der Waals surface area contributed by atoms with Crippen LogP contribution in [-0.4, -0.2) is 35.0 Å². The van der Waals surface area contributed by atoms with Crippen LogP contribution in [0.1, 0.15) is 61.3 Å². The Labute approximate surface area is 145 Å². The van der Waals surface area contributed by atoms with Gasteiger partial charge in [0.15, 0.2) is 0 Å². The van der Waals surface area contributed by atoms with Crippen LogP contribution in [0.15, 0.2) is 12.3 Å². The largest absolute Gasteiger partial charge is 0.498 e. The van der Waals surface area contributed by atoms with Crippen LogP contribution in [0.2, 0.25) is 0 Å². The molecule has 0 atom stereocenters. The predicted molar refractivity (Wildman–Crippen MR) is 94.0 cm³/mol. The highest BCUT2D eigenvalue weighted by Crippen LogP contribution is 2.38. The average Bonchev–Trinajstić information content (AvgIpc) is 3.17. The molecule has 2 heterocycles. The molecule has 1 aromatic heterocycles. The Bertz CT molecular complexity index is 604. The van der Waals surface area contributed by atoms with E-state index in [0.29, 0.717) is 5.88 Å². The van der Waals surface area contributed by atoms with Crippen molar-refractivity contribution in [3.63, 3.8) is 0 Å². The average molecular weight is 333 g/mol. The van der Waals surface area contributed by atoms with Gasteiger partial charge in [-0.3, -0.25) is 0 Å². The first-order chi connectivity index (χ1) is 11.0. The van der Waals surface area contributed by atoms with Gasteiger partial charge in [-0.05, 0) is 61.3 Å². The van der Waals surface area contributed by atoms with Crippen molar-refractivity contribution < 1.29 is 18.8 Å². The van der Waals surface area contributed by atoms with Crippen molar-refractivity contribution in [1.29, 1.82) is 0 Å². The van der Waals surface area contributed by atoms with Crippen molar-refractivity contribution in [2.45, 2.75) is 84.2 Å². The molecule has 2 fully saturated rings. The molecule has 3 rings (SSSR count). The zero-order valence-electron chi connectivity index (χ0n) is 15.8. The first kappa shape index (κ1) is 17.6. The second-order valence-corrected chi connectivity index (χ2v) is 8.68. The van der Waals surface area contributed by atoms with Crippen molar-refractivity contribution in [3.05, 3.63) is 12.3 Å². The molecule has 1 aromatic rings. The first-order valence-electron chi connectivity index (χ1n) is 8.68. The second-order valence-electron chi connectivity index (χ2n) is 8.68. The number of hydrogen-bond donors (Lipinski definition) is 0. The minimum atomic E-state index is -0.492. The van der Waals surface area contributed by atoms with E-state index < -0.39 is 18.3 Å². The molecule has 0 N–H and O–H groups in total. The SMILES string of the molecule is CC(C)(C)Oc1cc(B2OC(C)(C)C(C)(C)O2)c(OC2CC2)cn1. The normalized spacial score (nSPS) is 22.5. The zero-order chi connectivity index (χ0) is 17.8. The van der Waals surface area contributed by atoms with Gasteiger partial charge in [0.1, 0.15) is 11.4 Å². The van der Waals surface area contributed by atoms with Gasteiger partial charge in [0.25, 0.3) is 0 Å². The van der Waals surface area contributed by atoms with Crippen LogP contribution in [-0.2, 0) is 9.31 Å². The molecular formula is C18H28BNO4. The highest BCUT2D eigenvalue weighted by atomic mass is 16.7. The first-order valence-corrected chi connectivity index (χ1v) is 8.68. The number of pyridine rings is 1. The monoisotopic (exact) mass is 333 g/mol. The van der Waals surface area contributed by atoms with Gasteiger partial charge < -0.3 is 18.8 Å². The van der Waals surface area contributed by atoms with Gasteiger partial charge in [-0.2, -0.15) is 0 Å². The second kappa shape index (κ2) is 5.63. The lowest BCUT2D eigenvalue weighted by Gasteiger charge is -2.32. The van der Waals surface area contributed by atoms with Gasteiger partial charge in [0.05, 0.1) is 23.5 Å². The fourth-order valence-corrected chi connectivity index (χ4v) is 2.43. The molecule has 0 unspecified atom stereocenters. The standard InChI is InChI=1S/C18H28BNO4/c1-16(2,3)22-15-10-13(14(11-20-15)21-12-8-9-12)19-23-17(4,5)18(6,7)24-19/h10-12H,8-9H2,1-7H3. The topological polar surface area (TPSA) is 49.8 Å². The van der Waals surface area contributed by atoms with Crippen molar-refractivity contribution in [1.82, 2.24) is 4.98 Å². The van der Waals surface area contributed by atoms with Gasteiger partial charge in [0, 0.05) is 11.5 Å². The summed E-state index contributed by atoms with van der Waals surface area (Å²) < 4.78 is 24.3. The van der Waals surface area contributed by atoms with Gasteiger partial charge >= 0.3 is 7.12 Å². The fourth-order valence-electron chi connectivity index (χ4n) is 2.43. The van der Waals surface area contributed by atoms with E-state index >= 15 is 0 Å². The quantitative estimate of drug-likeness (QED) is 0.793. The van der Waals surface area contributed by atoms with Crippen molar-refractivity contribution in [2.24, 2.45) is 0 Å². The van der Waals surface area contributed by atoms with E-state index in [1.165, 1.54) is 0 Å². The number of rotatable bonds is 4. The number of nitrogens with zero attached hydrogens (tertiary/aromatic N) is 1. The highest BCUT2D eigenvalue weighted by molar-refractivity contribution is 6.63. The molecule has 2 aliphatic rings. The van der Waals surface area contributed by atoms with E-state index in [1.807, 2.05) is 54.5 Å². The van der Waals surface area contributed by atoms with Crippen LogP contribution in [0.5, 0.6) is 11.6 Å². The molecule has 0 amide bonds. The van der Waals surface area contributed by atoms with E-state index in [0.717, 1.165) is 24.1 Å². The molecule has 0 bridgehead atoms. The Morgan fingerprint density at radius 3 is 2.21 bits per heavy atom. The van der Waals surface area contributed by atoms with E-state index in [1.54, 1.807) is 6.20 Å². The minimum Gasteiger partial charge on any atom is -0.489 e. The Morgan fingerprint density at radius 2 is 1.71 bits per heavy atom. The molecule has 1 saturated carbocycles. The summed E-state index contributed by atoms with van der Waals surface area (Å²) in [7, 11) is -0.492. The van der Waals surface area contributed by atoms with Crippen molar-refractivity contribution in [3.8, 4) is 11.6 Å². The molecule has 132 valence electrons. The van der Waals surface area contributed by atoms with Crippen LogP contribution in [0.25, 0.3) is 0 Å². The number of hydrogen-bond acceptors (Lipinski definition) is 5. The highest BCUT2D eigenvalue weighted by Gasteiger charge is 2.52. The molecule has 6 heteroatoms. The molecule has 5 nitrogen and oxygen atoms in total. The van der Waals surface area contributed by atoms with Gasteiger partial charge in [-0.15, -0.1) is 0 Å². The zero-order valence-corrected chi connectivity index (χ0v) is 15.8. The maximum absolute atomic E-state index is 6.19. The van der Waals surface area contributed by atoms with E-state index in [4.69, 9.17) is 18.8 Å². The molecule has 0 aromatic carbocycles. The predicted octanol–water partition coefficient (Wildman–Crippen LogP) is 3.10. The Hall–Kier alpha value is -1.27. The molecular weight excluding hydrogens is 305 g/mol. The Balaban J connectivity index is 1.92. The lowest BCUT2D eigenvalue weighted by molar-refractivity contribution is 0.00578. The molecule has 1 saturated heterocycles. The number of aromatic nitrogens is 1. The third kappa shape index (κ3) is 3.70. The maximum Gasteiger partial charge on any atom is 0.498 e. The smallest absolute Gasteiger partial charge is 0.489 e. The minimum absolute atomic E-state index is 0.280. The summed E-state index contributed by atoms with van der Waals surface area (Å²) in [6.07, 6.45) is 4.17. The third-order valence-electron chi connectivity index (χ3n) is 4.61. The van der Waals surface area contributed by atoms with Crippen molar-refractivity contribution in [2.75, 3.05) is 0 Å². The van der Waals surface area contributed by atoms with Gasteiger partial charge in [0.2, 0.25) is 5.88 Å². The summed E-state index contributed by atoms with van der Waals surface area (Å²) in [4.78, 5) is 4.39. The summed E-state index contributed by atoms with van der Waals surface area (Å²) in [5, 5.41) is 0. The molecule has 24 heavy (non-hydrogen) atoms. The van der Waals surface area contributed by atoms with Gasteiger partial charge in [-0.1, -0.05) is 0 Å². The maximum atomic E-state index is 6.19. The van der Waals surface area contributed by atoms with E-state index in [2.05, 4.69) is 4.98 Å². The number of ether oxygens (including phenoxy) is 2. The summed E-state index contributed by atoms with van der Waals surface area (Å²) in [5.41, 5.74) is -0.278. The van der Waals surface area contributed by atoms with Crippen molar-refractivity contribution >= 4 is 12.6 Å². The van der Waals surface area contributed by atoms with Crippen LogP contribution in [0.4, 0.5) is 0 Å². The van der Waals surface area contributed by atoms with Crippen LogP contribution in [0.3, 0.4) is 0 Å². The summed E-state index contributed by atoms with van der Waals surface area (Å²) >= 11 is 0. The molecule has 0 spiro atoms. The fraction of sp³-hybridized carbons (Fsp3) is 0.722. The van der Waals surface area contributed by atoms with Crippen LogP contribution >= 0.6 is 0 Å². The summed E-state index contributed by atoms with van der Waals surface area (Å²) in [5.74, 6) is 1.27. The Kier molecular flexibility index (Phi) is 4.12. The van der Waals surface area contributed by atoms with E-state index in [9.17, 15) is 0 Å². The van der Waals surface area contributed by atoms with E-state index in [-0.39, 0.29) is 11.7 Å². The molecule has 1 aliphatic heterocycles. The lowest BCUT2D eigenvalue weighted by Crippen LogP contribution is -2.41. The van der Waals surface area contributed by atoms with Crippen LogP contribution in [0, 0.1) is 0 Å². The third-order valence-corrected chi connectivity index (χ3v) is 4.61. The molecule has 0 radical (unpaired) electrons. The Morgan fingerprint density at radius 1 is 1.12 bits per heavy atom.